The first-order chi connectivity index (χ1) is 12.6. The van der Waals surface area contributed by atoms with Gasteiger partial charge in [0.15, 0.2) is 6.10 Å². The standard InChI is InChI=1S/C20H29BrN2O4/c1-14(26-17-7-5-16(21)6-8-17)18(24)23-11-9-15(10-12-23)13-22-19(25)27-20(2,3)4/h5-8,14-15H,9-13H2,1-4H3,(H,22,25). The van der Waals surface area contributed by atoms with Gasteiger partial charge in [0.1, 0.15) is 11.4 Å². The molecular weight excluding hydrogens is 412 g/mol. The zero-order valence-electron chi connectivity index (χ0n) is 16.5. The molecule has 1 fully saturated rings. The van der Waals surface area contributed by atoms with Crippen LogP contribution in [0.2, 0.25) is 0 Å². The third-order valence-electron chi connectivity index (χ3n) is 4.33. The number of nitrogens with one attached hydrogen (secondary N) is 1. The van der Waals surface area contributed by atoms with Gasteiger partial charge in [-0.05, 0) is 70.7 Å². The van der Waals surface area contributed by atoms with Crippen molar-refractivity contribution in [1.82, 2.24) is 10.2 Å². The fourth-order valence-electron chi connectivity index (χ4n) is 2.92. The van der Waals surface area contributed by atoms with E-state index in [2.05, 4.69) is 21.2 Å². The van der Waals surface area contributed by atoms with Crippen LogP contribution in [0.1, 0.15) is 40.5 Å². The van der Waals surface area contributed by atoms with Crippen LogP contribution in [-0.2, 0) is 9.53 Å². The predicted molar refractivity (Wildman–Crippen MR) is 108 cm³/mol. The number of likely N-dealkylation sites (tertiary alicyclic amines) is 1. The molecule has 0 aromatic heterocycles. The van der Waals surface area contributed by atoms with Gasteiger partial charge in [-0.1, -0.05) is 15.9 Å². The fraction of sp³-hybridized carbons (Fsp3) is 0.600. The van der Waals surface area contributed by atoms with Gasteiger partial charge in [0.05, 0.1) is 0 Å². The van der Waals surface area contributed by atoms with Crippen molar-refractivity contribution < 1.29 is 19.1 Å². The summed E-state index contributed by atoms with van der Waals surface area (Å²) >= 11 is 3.38. The first-order valence-electron chi connectivity index (χ1n) is 9.32. The van der Waals surface area contributed by atoms with E-state index in [1.54, 1.807) is 6.92 Å². The van der Waals surface area contributed by atoms with Gasteiger partial charge in [0, 0.05) is 24.1 Å². The molecule has 1 aromatic carbocycles. The average Bonchev–Trinajstić information content (AvgIpc) is 2.60. The summed E-state index contributed by atoms with van der Waals surface area (Å²) in [5.74, 6) is 1.02. The Morgan fingerprint density at radius 1 is 1.22 bits per heavy atom. The smallest absolute Gasteiger partial charge is 0.407 e. The van der Waals surface area contributed by atoms with E-state index in [1.807, 2.05) is 49.9 Å². The van der Waals surface area contributed by atoms with Crippen molar-refractivity contribution in [2.75, 3.05) is 19.6 Å². The normalized spacial score (nSPS) is 16.6. The minimum absolute atomic E-state index is 0.00327. The summed E-state index contributed by atoms with van der Waals surface area (Å²) in [6.07, 6.45) is 0.791. The van der Waals surface area contributed by atoms with Gasteiger partial charge in [0.25, 0.3) is 5.91 Å². The maximum atomic E-state index is 12.6. The van der Waals surface area contributed by atoms with E-state index in [9.17, 15) is 9.59 Å². The number of amides is 2. The number of alkyl carbamates (subject to hydrolysis) is 1. The van der Waals surface area contributed by atoms with E-state index in [0.717, 1.165) is 17.3 Å². The molecule has 1 heterocycles. The lowest BCUT2D eigenvalue weighted by Crippen LogP contribution is -2.46. The number of ether oxygens (including phenoxy) is 2. The first-order valence-corrected chi connectivity index (χ1v) is 10.1. The van der Waals surface area contributed by atoms with Gasteiger partial charge in [-0.25, -0.2) is 4.79 Å². The Labute approximate surface area is 169 Å². The quantitative estimate of drug-likeness (QED) is 0.751. The fourth-order valence-corrected chi connectivity index (χ4v) is 3.19. The van der Waals surface area contributed by atoms with E-state index in [-0.39, 0.29) is 5.91 Å². The van der Waals surface area contributed by atoms with E-state index < -0.39 is 17.8 Å². The lowest BCUT2D eigenvalue weighted by Gasteiger charge is -2.33. The minimum atomic E-state index is -0.525. The molecule has 1 atom stereocenters. The monoisotopic (exact) mass is 440 g/mol. The Balaban J connectivity index is 1.73. The zero-order valence-corrected chi connectivity index (χ0v) is 18.0. The molecular formula is C20H29BrN2O4. The molecule has 7 heteroatoms. The van der Waals surface area contributed by atoms with Crippen LogP contribution in [0.25, 0.3) is 0 Å². The molecule has 0 bridgehead atoms. The van der Waals surface area contributed by atoms with Crippen LogP contribution in [0.3, 0.4) is 0 Å². The third-order valence-corrected chi connectivity index (χ3v) is 4.86. The molecule has 1 saturated heterocycles. The van der Waals surface area contributed by atoms with Crippen molar-refractivity contribution in [1.29, 1.82) is 0 Å². The highest BCUT2D eigenvalue weighted by Gasteiger charge is 2.27. The highest BCUT2D eigenvalue weighted by Crippen LogP contribution is 2.20. The SMILES string of the molecule is CC(Oc1ccc(Br)cc1)C(=O)N1CCC(CNC(=O)OC(C)(C)C)CC1. The summed E-state index contributed by atoms with van der Waals surface area (Å²) in [7, 11) is 0. The first kappa shape index (κ1) is 21.5. The highest BCUT2D eigenvalue weighted by atomic mass is 79.9. The summed E-state index contributed by atoms with van der Waals surface area (Å²) in [6, 6.07) is 7.44. The lowest BCUT2D eigenvalue weighted by atomic mass is 9.96. The molecule has 2 rings (SSSR count). The molecule has 2 amide bonds. The molecule has 1 unspecified atom stereocenters. The summed E-state index contributed by atoms with van der Waals surface area (Å²) in [5.41, 5.74) is -0.495. The van der Waals surface area contributed by atoms with Crippen molar-refractivity contribution in [3.63, 3.8) is 0 Å². The van der Waals surface area contributed by atoms with Gasteiger partial charge < -0.3 is 19.7 Å². The van der Waals surface area contributed by atoms with Gasteiger partial charge in [-0.2, -0.15) is 0 Å². The van der Waals surface area contributed by atoms with Crippen LogP contribution in [0.15, 0.2) is 28.7 Å². The largest absolute Gasteiger partial charge is 0.481 e. The van der Waals surface area contributed by atoms with Crippen molar-refractivity contribution in [2.45, 2.75) is 52.2 Å². The Bertz CT molecular complexity index is 634. The number of benzene rings is 1. The van der Waals surface area contributed by atoms with Gasteiger partial charge >= 0.3 is 6.09 Å². The van der Waals surface area contributed by atoms with Gasteiger partial charge in [-0.3, -0.25) is 4.79 Å². The third kappa shape index (κ3) is 7.40. The topological polar surface area (TPSA) is 67.9 Å². The molecule has 0 saturated carbocycles. The van der Waals surface area contributed by atoms with E-state index >= 15 is 0 Å². The average molecular weight is 441 g/mol. The molecule has 0 spiro atoms. The number of hydrogen-bond donors (Lipinski definition) is 1. The number of nitrogens with zero attached hydrogens (tertiary/aromatic N) is 1. The van der Waals surface area contributed by atoms with E-state index in [0.29, 0.717) is 31.3 Å². The Kier molecular flexibility index (Phi) is 7.53. The van der Waals surface area contributed by atoms with Crippen molar-refractivity contribution in [3.05, 3.63) is 28.7 Å². The summed E-state index contributed by atoms with van der Waals surface area (Å²) < 4.78 is 12.0. The van der Waals surface area contributed by atoms with Crippen LogP contribution in [0.5, 0.6) is 5.75 Å². The molecule has 6 nitrogen and oxygen atoms in total. The van der Waals surface area contributed by atoms with Crippen LogP contribution < -0.4 is 10.1 Å². The Morgan fingerprint density at radius 3 is 2.37 bits per heavy atom. The Morgan fingerprint density at radius 2 is 1.81 bits per heavy atom. The predicted octanol–water partition coefficient (Wildman–Crippen LogP) is 3.98. The summed E-state index contributed by atoms with van der Waals surface area (Å²) in [6.45, 7) is 9.22. The molecule has 27 heavy (non-hydrogen) atoms. The van der Waals surface area contributed by atoms with Crippen LogP contribution >= 0.6 is 15.9 Å². The molecule has 0 aliphatic carbocycles. The molecule has 1 N–H and O–H groups in total. The molecule has 0 radical (unpaired) electrons. The maximum absolute atomic E-state index is 12.6. The number of carbonyl (C=O) groups excluding carboxylic acids is 2. The second kappa shape index (κ2) is 9.44. The van der Waals surface area contributed by atoms with Gasteiger partial charge in [0.2, 0.25) is 0 Å². The summed E-state index contributed by atoms with van der Waals surface area (Å²) in [4.78, 5) is 26.2. The summed E-state index contributed by atoms with van der Waals surface area (Å²) in [5, 5.41) is 2.82. The zero-order chi connectivity index (χ0) is 20.0. The Hall–Kier alpha value is -1.76. The number of rotatable bonds is 5. The van der Waals surface area contributed by atoms with Crippen LogP contribution in [0, 0.1) is 5.92 Å². The molecule has 150 valence electrons. The highest BCUT2D eigenvalue weighted by molar-refractivity contribution is 9.10. The number of hydrogen-bond acceptors (Lipinski definition) is 4. The molecule has 1 aliphatic heterocycles. The van der Waals surface area contributed by atoms with Crippen molar-refractivity contribution in [3.8, 4) is 5.75 Å². The lowest BCUT2D eigenvalue weighted by molar-refractivity contribution is -0.139. The van der Waals surface area contributed by atoms with Crippen molar-refractivity contribution >= 4 is 27.9 Å². The van der Waals surface area contributed by atoms with Gasteiger partial charge in [-0.15, -0.1) is 0 Å². The molecule has 1 aromatic rings. The second-order valence-electron chi connectivity index (χ2n) is 7.87. The number of piperidine rings is 1. The van der Waals surface area contributed by atoms with E-state index in [4.69, 9.17) is 9.47 Å². The van der Waals surface area contributed by atoms with Crippen LogP contribution in [-0.4, -0.2) is 48.2 Å². The van der Waals surface area contributed by atoms with E-state index in [1.165, 1.54) is 0 Å². The minimum Gasteiger partial charge on any atom is -0.481 e. The number of carbonyl (C=O) groups is 2. The van der Waals surface area contributed by atoms with Crippen LogP contribution in [0.4, 0.5) is 4.79 Å². The number of halogens is 1. The maximum Gasteiger partial charge on any atom is 0.407 e. The second-order valence-corrected chi connectivity index (χ2v) is 8.78. The van der Waals surface area contributed by atoms with Crippen molar-refractivity contribution in [2.24, 2.45) is 5.92 Å². The molecule has 1 aliphatic rings.